The molecule has 0 saturated carbocycles. The van der Waals surface area contributed by atoms with Crippen LogP contribution in [0.3, 0.4) is 0 Å². The highest BCUT2D eigenvalue weighted by Gasteiger charge is 2.21. The van der Waals surface area contributed by atoms with Crippen molar-refractivity contribution in [3.05, 3.63) is 94.5 Å². The molecule has 8 nitrogen and oxygen atoms in total. The molecule has 4 aromatic rings. The summed E-state index contributed by atoms with van der Waals surface area (Å²) in [4.78, 5) is 24.5. The molecule has 0 aliphatic heterocycles. The van der Waals surface area contributed by atoms with Crippen LogP contribution in [0, 0.1) is 0 Å². The summed E-state index contributed by atoms with van der Waals surface area (Å²) in [6.07, 6.45) is 0. The van der Waals surface area contributed by atoms with Gasteiger partial charge in [0.15, 0.2) is 5.58 Å². The lowest BCUT2D eigenvalue weighted by atomic mass is 10.1. The molecule has 1 heterocycles. The summed E-state index contributed by atoms with van der Waals surface area (Å²) >= 11 is 0. The minimum Gasteiger partial charge on any atom is -0.408 e. The standard InChI is InChI=1S/C23H21N3O5S/c1-15(16-8-4-3-5-9-16)24-22(27)18-10-6-7-11-19(18)25-32(29,30)17-12-13-20-21(14-17)31-23(28)26(20)2/h3-15,25H,1-2H3,(H,24,27). The Hall–Kier alpha value is -3.85. The average Bonchev–Trinajstić information content (AvgIpc) is 3.07. The number of aryl methyl sites for hydroxylation is 1. The summed E-state index contributed by atoms with van der Waals surface area (Å²) in [5, 5.41) is 2.89. The van der Waals surface area contributed by atoms with E-state index in [9.17, 15) is 18.0 Å². The quantitative estimate of drug-likeness (QED) is 0.467. The van der Waals surface area contributed by atoms with Crippen LogP contribution < -0.4 is 15.8 Å². The SMILES string of the molecule is CC(NC(=O)c1ccccc1NS(=O)(=O)c1ccc2c(c1)oc(=O)n2C)c1ccccc1. The number of rotatable bonds is 6. The van der Waals surface area contributed by atoms with Crippen molar-refractivity contribution < 1.29 is 17.6 Å². The number of nitrogens with one attached hydrogen (secondary N) is 2. The Morgan fingerprint density at radius 2 is 1.69 bits per heavy atom. The average molecular weight is 452 g/mol. The van der Waals surface area contributed by atoms with E-state index in [0.29, 0.717) is 5.52 Å². The number of oxazole rings is 1. The molecule has 1 unspecified atom stereocenters. The fourth-order valence-electron chi connectivity index (χ4n) is 3.35. The number of hydrogen-bond donors (Lipinski definition) is 2. The third-order valence-corrected chi connectivity index (χ3v) is 6.50. The van der Waals surface area contributed by atoms with Crippen LogP contribution in [0.4, 0.5) is 5.69 Å². The fraction of sp³-hybridized carbons (Fsp3) is 0.130. The number of amides is 1. The van der Waals surface area contributed by atoms with Crippen LogP contribution in [0.25, 0.3) is 11.1 Å². The molecule has 0 spiro atoms. The number of carbonyl (C=O) groups excluding carboxylic acids is 1. The Kier molecular flexibility index (Phi) is 5.58. The molecule has 0 saturated heterocycles. The zero-order valence-electron chi connectivity index (χ0n) is 17.4. The number of hydrogen-bond acceptors (Lipinski definition) is 5. The molecule has 0 aliphatic rings. The van der Waals surface area contributed by atoms with Crippen molar-refractivity contribution in [2.75, 3.05) is 4.72 Å². The molecular weight excluding hydrogens is 430 g/mol. The lowest BCUT2D eigenvalue weighted by molar-refractivity contribution is 0.0941. The predicted molar refractivity (Wildman–Crippen MR) is 121 cm³/mol. The van der Waals surface area contributed by atoms with E-state index in [1.807, 2.05) is 37.3 Å². The van der Waals surface area contributed by atoms with Gasteiger partial charge in [0.1, 0.15) is 0 Å². The number of anilines is 1. The van der Waals surface area contributed by atoms with Gasteiger partial charge in [-0.15, -0.1) is 0 Å². The van der Waals surface area contributed by atoms with Crippen LogP contribution in [0.15, 0.2) is 86.9 Å². The predicted octanol–water partition coefficient (Wildman–Crippen LogP) is 3.42. The summed E-state index contributed by atoms with van der Waals surface area (Å²) in [6.45, 7) is 1.85. The number of aromatic nitrogens is 1. The Bertz CT molecular complexity index is 1460. The van der Waals surface area contributed by atoms with Gasteiger partial charge >= 0.3 is 5.76 Å². The largest absolute Gasteiger partial charge is 0.419 e. The molecular formula is C23H21N3O5S. The molecule has 1 aromatic heterocycles. The Labute approximate surface area is 184 Å². The van der Waals surface area contributed by atoms with E-state index in [4.69, 9.17) is 4.42 Å². The van der Waals surface area contributed by atoms with Gasteiger partial charge in [-0.3, -0.25) is 14.1 Å². The first kappa shape index (κ1) is 21.4. The second-order valence-electron chi connectivity index (χ2n) is 7.31. The van der Waals surface area contributed by atoms with E-state index in [0.717, 1.165) is 5.56 Å². The smallest absolute Gasteiger partial charge is 0.408 e. The molecule has 0 aliphatic carbocycles. The lowest BCUT2D eigenvalue weighted by Gasteiger charge is -2.17. The molecule has 1 atom stereocenters. The Morgan fingerprint density at radius 3 is 2.44 bits per heavy atom. The fourth-order valence-corrected chi connectivity index (χ4v) is 4.45. The summed E-state index contributed by atoms with van der Waals surface area (Å²) in [6, 6.07) is 19.7. The van der Waals surface area contributed by atoms with Crippen molar-refractivity contribution in [2.45, 2.75) is 17.9 Å². The van der Waals surface area contributed by atoms with Gasteiger partial charge in [0.05, 0.1) is 27.7 Å². The number of fused-ring (bicyclic) bond motifs is 1. The number of para-hydroxylation sites is 1. The van der Waals surface area contributed by atoms with Gasteiger partial charge in [0.25, 0.3) is 15.9 Å². The first-order valence-corrected chi connectivity index (χ1v) is 11.3. The van der Waals surface area contributed by atoms with E-state index in [-0.39, 0.29) is 27.8 Å². The molecule has 0 bridgehead atoms. The van der Waals surface area contributed by atoms with Crippen molar-refractivity contribution in [3.8, 4) is 0 Å². The zero-order chi connectivity index (χ0) is 22.9. The molecule has 3 aromatic carbocycles. The highest BCUT2D eigenvalue weighted by molar-refractivity contribution is 7.92. The van der Waals surface area contributed by atoms with E-state index in [1.165, 1.54) is 35.9 Å². The first-order chi connectivity index (χ1) is 15.3. The van der Waals surface area contributed by atoms with Crippen molar-refractivity contribution in [1.29, 1.82) is 0 Å². The van der Waals surface area contributed by atoms with Crippen LogP contribution in [0.2, 0.25) is 0 Å². The molecule has 4 rings (SSSR count). The third-order valence-electron chi connectivity index (χ3n) is 5.14. The number of benzene rings is 3. The first-order valence-electron chi connectivity index (χ1n) is 9.83. The number of sulfonamides is 1. The maximum Gasteiger partial charge on any atom is 0.419 e. The van der Waals surface area contributed by atoms with E-state index in [2.05, 4.69) is 10.0 Å². The Balaban J connectivity index is 1.61. The van der Waals surface area contributed by atoms with E-state index in [1.54, 1.807) is 18.2 Å². The Morgan fingerprint density at radius 1 is 1.00 bits per heavy atom. The number of nitrogens with zero attached hydrogens (tertiary/aromatic N) is 1. The summed E-state index contributed by atoms with van der Waals surface area (Å²) < 4.78 is 34.8. The van der Waals surface area contributed by atoms with Crippen molar-refractivity contribution in [3.63, 3.8) is 0 Å². The highest BCUT2D eigenvalue weighted by Crippen LogP contribution is 2.23. The van der Waals surface area contributed by atoms with Crippen LogP contribution in [-0.4, -0.2) is 18.9 Å². The number of carbonyl (C=O) groups is 1. The summed E-state index contributed by atoms with van der Waals surface area (Å²) in [5.74, 6) is -0.999. The maximum atomic E-state index is 13.0. The minimum atomic E-state index is -4.05. The topological polar surface area (TPSA) is 110 Å². The maximum absolute atomic E-state index is 13.0. The monoisotopic (exact) mass is 451 g/mol. The van der Waals surface area contributed by atoms with Crippen LogP contribution >= 0.6 is 0 Å². The van der Waals surface area contributed by atoms with Crippen LogP contribution in [0.5, 0.6) is 0 Å². The molecule has 0 radical (unpaired) electrons. The van der Waals surface area contributed by atoms with Gasteiger partial charge in [0.2, 0.25) is 0 Å². The van der Waals surface area contributed by atoms with Gasteiger partial charge in [-0.25, -0.2) is 13.2 Å². The van der Waals surface area contributed by atoms with Gasteiger partial charge in [-0.05, 0) is 36.8 Å². The highest BCUT2D eigenvalue weighted by atomic mass is 32.2. The molecule has 2 N–H and O–H groups in total. The van der Waals surface area contributed by atoms with Gasteiger partial charge in [-0.2, -0.15) is 0 Å². The van der Waals surface area contributed by atoms with Gasteiger partial charge < -0.3 is 9.73 Å². The normalized spacial score (nSPS) is 12.4. The van der Waals surface area contributed by atoms with Crippen molar-refractivity contribution in [2.24, 2.45) is 7.05 Å². The molecule has 9 heteroatoms. The molecule has 164 valence electrons. The summed E-state index contributed by atoms with van der Waals surface area (Å²) in [7, 11) is -2.51. The van der Waals surface area contributed by atoms with Crippen molar-refractivity contribution >= 4 is 32.7 Å². The molecule has 0 fully saturated rings. The van der Waals surface area contributed by atoms with Crippen LogP contribution in [-0.2, 0) is 17.1 Å². The van der Waals surface area contributed by atoms with Crippen molar-refractivity contribution in [1.82, 2.24) is 9.88 Å². The van der Waals surface area contributed by atoms with Gasteiger partial charge in [0, 0.05) is 13.1 Å². The minimum absolute atomic E-state index is 0.0905. The van der Waals surface area contributed by atoms with Gasteiger partial charge in [-0.1, -0.05) is 42.5 Å². The zero-order valence-corrected chi connectivity index (χ0v) is 18.2. The molecule has 32 heavy (non-hydrogen) atoms. The second kappa shape index (κ2) is 8.35. The van der Waals surface area contributed by atoms with E-state index < -0.39 is 21.7 Å². The third kappa shape index (κ3) is 4.15. The van der Waals surface area contributed by atoms with Crippen LogP contribution in [0.1, 0.15) is 28.9 Å². The second-order valence-corrected chi connectivity index (χ2v) is 9.00. The summed E-state index contributed by atoms with van der Waals surface area (Å²) in [5.41, 5.74) is 1.88. The van der Waals surface area contributed by atoms with E-state index >= 15 is 0 Å². The lowest BCUT2D eigenvalue weighted by Crippen LogP contribution is -2.28. The molecule has 1 amide bonds.